The van der Waals surface area contributed by atoms with Crippen LogP contribution in [0.2, 0.25) is 0 Å². The lowest BCUT2D eigenvalue weighted by Gasteiger charge is -2.09. The Morgan fingerprint density at radius 1 is 1.07 bits per heavy atom. The summed E-state index contributed by atoms with van der Waals surface area (Å²) >= 11 is -0.524. The van der Waals surface area contributed by atoms with E-state index in [0.29, 0.717) is 0 Å². The number of hydrogen-bond donors (Lipinski definition) is 0. The smallest absolute Gasteiger partial charge is 0.205 e. The number of hydrogen-bond acceptors (Lipinski definition) is 1. The second-order valence-corrected chi connectivity index (χ2v) is 3.49. The zero-order valence-electron chi connectivity index (χ0n) is 6.68. The molecule has 14 heavy (non-hydrogen) atoms. The van der Waals surface area contributed by atoms with Gasteiger partial charge in [-0.1, -0.05) is 18.2 Å². The lowest BCUT2D eigenvalue weighted by Crippen LogP contribution is -2.01. The third-order valence-corrected chi connectivity index (χ3v) is 2.20. The van der Waals surface area contributed by atoms with E-state index in [4.69, 9.17) is 0 Å². The number of thioether (sulfide) groups is 1. The standard InChI is InChI=1S/C8H5F5S/c9-7(10)5-3-1-2-4-6(5)14-8(11,12)13/h1-4,7H. The van der Waals surface area contributed by atoms with Gasteiger partial charge in [0.15, 0.2) is 0 Å². The molecule has 0 saturated carbocycles. The molecule has 0 amide bonds. The van der Waals surface area contributed by atoms with E-state index in [-0.39, 0.29) is 0 Å². The summed E-state index contributed by atoms with van der Waals surface area (Å²) in [4.78, 5) is -0.449. The second-order valence-electron chi connectivity index (χ2n) is 2.39. The minimum absolute atomic E-state index is 0.449. The van der Waals surface area contributed by atoms with Gasteiger partial charge in [-0.05, 0) is 17.8 Å². The van der Waals surface area contributed by atoms with E-state index in [1.54, 1.807) is 0 Å². The summed E-state index contributed by atoms with van der Waals surface area (Å²) in [6.45, 7) is 0. The number of halogens is 5. The van der Waals surface area contributed by atoms with Crippen molar-refractivity contribution < 1.29 is 22.0 Å². The van der Waals surface area contributed by atoms with Crippen LogP contribution in [0.3, 0.4) is 0 Å². The molecule has 0 aliphatic rings. The predicted molar refractivity (Wildman–Crippen MR) is 43.3 cm³/mol. The maximum absolute atomic E-state index is 12.2. The van der Waals surface area contributed by atoms with E-state index < -0.39 is 34.2 Å². The van der Waals surface area contributed by atoms with Crippen LogP contribution in [0.15, 0.2) is 29.2 Å². The molecule has 1 rings (SSSR count). The molecule has 1 aromatic carbocycles. The Morgan fingerprint density at radius 2 is 1.64 bits per heavy atom. The number of benzene rings is 1. The van der Waals surface area contributed by atoms with Crippen LogP contribution in [0, 0.1) is 0 Å². The van der Waals surface area contributed by atoms with E-state index in [0.717, 1.165) is 12.1 Å². The summed E-state index contributed by atoms with van der Waals surface area (Å²) in [5, 5.41) is 0. The molecule has 78 valence electrons. The van der Waals surface area contributed by atoms with Crippen molar-refractivity contribution in [2.24, 2.45) is 0 Å². The van der Waals surface area contributed by atoms with Gasteiger partial charge in [0.25, 0.3) is 6.43 Å². The Hall–Kier alpha value is -0.780. The molecule has 0 fully saturated rings. The fraction of sp³-hybridized carbons (Fsp3) is 0.250. The molecule has 0 aliphatic carbocycles. The highest BCUT2D eigenvalue weighted by Crippen LogP contribution is 2.40. The van der Waals surface area contributed by atoms with Gasteiger partial charge in [0.05, 0.1) is 0 Å². The summed E-state index contributed by atoms with van der Waals surface area (Å²) in [5.74, 6) is 0. The molecular formula is C8H5F5S. The Morgan fingerprint density at radius 3 is 2.14 bits per heavy atom. The van der Waals surface area contributed by atoms with E-state index in [2.05, 4.69) is 0 Å². The average Bonchev–Trinajstić information content (AvgIpc) is 2.01. The van der Waals surface area contributed by atoms with Crippen molar-refractivity contribution in [3.05, 3.63) is 29.8 Å². The van der Waals surface area contributed by atoms with Gasteiger partial charge in [-0.15, -0.1) is 0 Å². The topological polar surface area (TPSA) is 0 Å². The number of alkyl halides is 5. The summed E-state index contributed by atoms with van der Waals surface area (Å²) in [5.41, 5.74) is -5.12. The first-order chi connectivity index (χ1) is 6.40. The van der Waals surface area contributed by atoms with Gasteiger partial charge >= 0.3 is 5.51 Å². The molecule has 0 spiro atoms. The average molecular weight is 228 g/mol. The van der Waals surface area contributed by atoms with Crippen molar-refractivity contribution in [2.45, 2.75) is 16.8 Å². The minimum atomic E-state index is -4.54. The molecule has 0 atom stereocenters. The van der Waals surface area contributed by atoms with Gasteiger partial charge in [0, 0.05) is 10.5 Å². The number of rotatable bonds is 2. The van der Waals surface area contributed by atoms with Gasteiger partial charge in [0.2, 0.25) is 0 Å². The largest absolute Gasteiger partial charge is 0.446 e. The molecular weight excluding hydrogens is 223 g/mol. The molecule has 0 unspecified atom stereocenters. The molecule has 0 aliphatic heterocycles. The van der Waals surface area contributed by atoms with Crippen LogP contribution in [0.5, 0.6) is 0 Å². The minimum Gasteiger partial charge on any atom is -0.205 e. The van der Waals surface area contributed by atoms with Crippen LogP contribution in [0.4, 0.5) is 22.0 Å². The van der Waals surface area contributed by atoms with Crippen LogP contribution in [0.25, 0.3) is 0 Å². The maximum atomic E-state index is 12.2. The zero-order valence-corrected chi connectivity index (χ0v) is 7.50. The Balaban J connectivity index is 2.96. The van der Waals surface area contributed by atoms with Gasteiger partial charge < -0.3 is 0 Å². The lowest BCUT2D eigenvalue weighted by molar-refractivity contribution is -0.0329. The first kappa shape index (κ1) is 11.3. The van der Waals surface area contributed by atoms with Crippen LogP contribution in [-0.4, -0.2) is 5.51 Å². The van der Waals surface area contributed by atoms with E-state index in [1.807, 2.05) is 0 Å². The Labute approximate surface area is 81.1 Å². The molecule has 1 aromatic rings. The van der Waals surface area contributed by atoms with Crippen molar-refractivity contribution in [2.75, 3.05) is 0 Å². The van der Waals surface area contributed by atoms with Crippen molar-refractivity contribution in [3.8, 4) is 0 Å². The van der Waals surface area contributed by atoms with Crippen LogP contribution in [-0.2, 0) is 0 Å². The van der Waals surface area contributed by atoms with E-state index in [9.17, 15) is 22.0 Å². The quantitative estimate of drug-likeness (QED) is 0.539. The monoisotopic (exact) mass is 228 g/mol. The molecule has 0 N–H and O–H groups in total. The third kappa shape index (κ3) is 3.17. The van der Waals surface area contributed by atoms with Crippen molar-refractivity contribution >= 4 is 11.8 Å². The summed E-state index contributed by atoms with van der Waals surface area (Å²) in [6, 6.07) is 4.58. The normalized spacial score (nSPS) is 12.1. The van der Waals surface area contributed by atoms with Crippen molar-refractivity contribution in [3.63, 3.8) is 0 Å². The first-order valence-electron chi connectivity index (χ1n) is 3.53. The molecule has 0 heterocycles. The second kappa shape index (κ2) is 4.16. The molecule has 0 saturated heterocycles. The predicted octanol–water partition coefficient (Wildman–Crippen LogP) is 4.24. The van der Waals surface area contributed by atoms with E-state index in [1.165, 1.54) is 12.1 Å². The highest BCUT2D eigenvalue weighted by Gasteiger charge is 2.31. The fourth-order valence-corrected chi connectivity index (χ4v) is 1.55. The molecule has 0 nitrogen and oxygen atoms in total. The van der Waals surface area contributed by atoms with Crippen LogP contribution in [0.1, 0.15) is 12.0 Å². The highest BCUT2D eigenvalue weighted by atomic mass is 32.2. The summed E-state index contributed by atoms with van der Waals surface area (Å²) in [7, 11) is 0. The Kier molecular flexibility index (Phi) is 3.36. The van der Waals surface area contributed by atoms with Crippen LogP contribution >= 0.6 is 11.8 Å². The van der Waals surface area contributed by atoms with Crippen LogP contribution < -0.4 is 0 Å². The van der Waals surface area contributed by atoms with E-state index >= 15 is 0 Å². The first-order valence-corrected chi connectivity index (χ1v) is 4.34. The van der Waals surface area contributed by atoms with Gasteiger partial charge in [-0.25, -0.2) is 8.78 Å². The molecule has 0 aromatic heterocycles. The maximum Gasteiger partial charge on any atom is 0.446 e. The molecule has 0 radical (unpaired) electrons. The van der Waals surface area contributed by atoms with Crippen molar-refractivity contribution in [1.82, 2.24) is 0 Å². The zero-order chi connectivity index (χ0) is 10.8. The Bertz CT molecular complexity index is 307. The summed E-state index contributed by atoms with van der Waals surface area (Å²) < 4.78 is 60.2. The summed E-state index contributed by atoms with van der Waals surface area (Å²) in [6.07, 6.45) is -2.89. The lowest BCUT2D eigenvalue weighted by atomic mass is 10.2. The fourth-order valence-electron chi connectivity index (χ4n) is 0.878. The highest BCUT2D eigenvalue weighted by molar-refractivity contribution is 8.00. The third-order valence-electron chi connectivity index (χ3n) is 1.38. The van der Waals surface area contributed by atoms with Gasteiger partial charge in [-0.2, -0.15) is 13.2 Å². The van der Waals surface area contributed by atoms with Gasteiger partial charge in [0.1, 0.15) is 0 Å². The van der Waals surface area contributed by atoms with Gasteiger partial charge in [-0.3, -0.25) is 0 Å². The molecule has 0 bridgehead atoms. The SMILES string of the molecule is FC(F)c1ccccc1SC(F)(F)F. The van der Waals surface area contributed by atoms with Crippen molar-refractivity contribution in [1.29, 1.82) is 0 Å². The molecule has 6 heteroatoms.